The number of aryl methyl sites for hydroxylation is 1. The smallest absolute Gasteiger partial charge is 0.275 e. The van der Waals surface area contributed by atoms with Gasteiger partial charge in [0.25, 0.3) is 11.8 Å². The Labute approximate surface area is 247 Å². The van der Waals surface area contributed by atoms with Gasteiger partial charge in [0.1, 0.15) is 9.88 Å². The van der Waals surface area contributed by atoms with Crippen LogP contribution in [0.25, 0.3) is 16.1 Å². The van der Waals surface area contributed by atoms with Gasteiger partial charge in [0.05, 0.1) is 18.5 Å². The van der Waals surface area contributed by atoms with E-state index >= 15 is 8.78 Å². The van der Waals surface area contributed by atoms with Crippen molar-refractivity contribution in [3.63, 3.8) is 0 Å². The average Bonchev–Trinajstić information content (AvgIpc) is 3.36. The van der Waals surface area contributed by atoms with Crippen LogP contribution >= 0.6 is 11.3 Å². The highest BCUT2D eigenvalue weighted by Gasteiger charge is 2.42. The van der Waals surface area contributed by atoms with E-state index in [1.165, 1.54) is 41.4 Å². The van der Waals surface area contributed by atoms with Crippen LogP contribution in [-0.2, 0) is 14.4 Å². The van der Waals surface area contributed by atoms with Gasteiger partial charge in [0.15, 0.2) is 0 Å². The van der Waals surface area contributed by atoms with Gasteiger partial charge in [-0.3, -0.25) is 19.2 Å². The second-order valence-electron chi connectivity index (χ2n) is 10.4. The summed E-state index contributed by atoms with van der Waals surface area (Å²) in [5, 5.41) is 1.84. The van der Waals surface area contributed by atoms with Crippen LogP contribution in [0.4, 0.5) is 14.5 Å². The molecule has 3 aromatic rings. The molecule has 0 bridgehead atoms. The summed E-state index contributed by atoms with van der Waals surface area (Å²) in [5.74, 6) is -4.78. The van der Waals surface area contributed by atoms with E-state index in [0.29, 0.717) is 34.1 Å². The number of hydrogen-bond acceptors (Lipinski definition) is 6. The zero-order chi connectivity index (χ0) is 30.0. The molecule has 2 aliphatic heterocycles. The number of amides is 3. The Morgan fingerprint density at radius 2 is 1.71 bits per heavy atom. The molecule has 11 heteroatoms. The fourth-order valence-corrected chi connectivity index (χ4v) is 6.39. The lowest BCUT2D eigenvalue weighted by Gasteiger charge is -2.32. The second kappa shape index (κ2) is 12.1. The third-order valence-corrected chi connectivity index (χ3v) is 8.99. The number of nitrogens with zero attached hydrogens (tertiary/aromatic N) is 4. The second-order valence-corrected chi connectivity index (χ2v) is 11.4. The van der Waals surface area contributed by atoms with E-state index in [1.54, 1.807) is 25.1 Å². The Balaban J connectivity index is 1.42. The van der Waals surface area contributed by atoms with E-state index in [-0.39, 0.29) is 37.0 Å². The zero-order valence-electron chi connectivity index (χ0n) is 23.7. The van der Waals surface area contributed by atoms with E-state index in [0.717, 1.165) is 16.7 Å². The summed E-state index contributed by atoms with van der Waals surface area (Å²) in [5.41, 5.74) is 1.44. The normalized spacial score (nSPS) is 18.0. The fraction of sp³-hybridized carbons (Fsp3) is 0.355. The van der Waals surface area contributed by atoms with E-state index in [2.05, 4.69) is 4.98 Å². The SMILES string of the molecule is CON(C)C(=O)C1CCN(C(=O)/C=C2/c3ccccc3N(C(=O)c3sc(-c4ccccc4)nc3C)CCC2(F)F)CC1. The number of halogens is 2. The number of piperidine rings is 1. The molecule has 3 heterocycles. The van der Waals surface area contributed by atoms with Crippen molar-refractivity contribution >= 4 is 40.3 Å². The van der Waals surface area contributed by atoms with Crippen LogP contribution in [0.3, 0.4) is 0 Å². The zero-order valence-corrected chi connectivity index (χ0v) is 24.5. The molecule has 0 radical (unpaired) electrons. The van der Waals surface area contributed by atoms with Crippen molar-refractivity contribution < 1.29 is 28.0 Å². The number of rotatable bonds is 5. The number of fused-ring (bicyclic) bond motifs is 1. The number of benzene rings is 2. The van der Waals surface area contributed by atoms with Crippen LogP contribution in [0.1, 0.15) is 40.2 Å². The van der Waals surface area contributed by atoms with Crippen molar-refractivity contribution in [1.29, 1.82) is 0 Å². The van der Waals surface area contributed by atoms with Gasteiger partial charge < -0.3 is 9.80 Å². The standard InChI is InChI=1S/C31H32F2N4O4S/c1-20-27(42-28(34-20)21-9-5-4-6-10-21)30(40)37-18-15-31(32,33)24(23-11-7-8-12-25(23)37)19-26(38)36-16-13-22(14-17-36)29(39)35(2)41-3/h4-12,19,22H,13-18H2,1-3H3/b24-19-. The van der Waals surface area contributed by atoms with Gasteiger partial charge >= 0.3 is 0 Å². The van der Waals surface area contributed by atoms with Crippen LogP contribution in [-0.4, -0.2) is 72.4 Å². The topological polar surface area (TPSA) is 83.0 Å². The molecule has 0 spiro atoms. The van der Waals surface area contributed by atoms with Crippen molar-refractivity contribution in [2.45, 2.75) is 32.1 Å². The van der Waals surface area contributed by atoms with Crippen molar-refractivity contribution in [3.05, 3.63) is 76.8 Å². The predicted octanol–water partition coefficient (Wildman–Crippen LogP) is 5.45. The molecule has 220 valence electrons. The van der Waals surface area contributed by atoms with E-state index in [1.807, 2.05) is 30.3 Å². The Morgan fingerprint density at radius 3 is 2.40 bits per heavy atom. The van der Waals surface area contributed by atoms with Crippen molar-refractivity contribution in [3.8, 4) is 10.6 Å². The minimum atomic E-state index is -3.35. The molecule has 42 heavy (non-hydrogen) atoms. The molecular weight excluding hydrogens is 562 g/mol. The molecule has 0 atom stereocenters. The number of alkyl halides is 2. The predicted molar refractivity (Wildman–Crippen MR) is 157 cm³/mol. The highest BCUT2D eigenvalue weighted by atomic mass is 32.1. The summed E-state index contributed by atoms with van der Waals surface area (Å²) in [4.78, 5) is 52.3. The van der Waals surface area contributed by atoms with E-state index in [9.17, 15) is 14.4 Å². The molecule has 8 nitrogen and oxygen atoms in total. The van der Waals surface area contributed by atoms with Gasteiger partial charge in [0.2, 0.25) is 11.8 Å². The molecule has 1 fully saturated rings. The Hall–Kier alpha value is -3.96. The highest BCUT2D eigenvalue weighted by Crippen LogP contribution is 2.44. The molecule has 2 aromatic carbocycles. The molecule has 3 amide bonds. The minimum Gasteiger partial charge on any atom is -0.339 e. The summed E-state index contributed by atoms with van der Waals surface area (Å²) >= 11 is 1.23. The summed E-state index contributed by atoms with van der Waals surface area (Å²) < 4.78 is 31.4. The number of aromatic nitrogens is 1. The molecule has 0 unspecified atom stereocenters. The number of carbonyl (C=O) groups is 3. The third kappa shape index (κ3) is 5.84. The number of carbonyl (C=O) groups excluding carboxylic acids is 3. The van der Waals surface area contributed by atoms with Gasteiger partial charge in [-0.15, -0.1) is 11.3 Å². The lowest BCUT2D eigenvalue weighted by Crippen LogP contribution is -2.43. The van der Waals surface area contributed by atoms with Gasteiger partial charge in [-0.25, -0.2) is 18.8 Å². The highest BCUT2D eigenvalue weighted by molar-refractivity contribution is 7.17. The molecule has 1 aromatic heterocycles. The molecule has 1 saturated heterocycles. The van der Waals surface area contributed by atoms with Crippen LogP contribution in [0, 0.1) is 12.8 Å². The number of hydrogen-bond donors (Lipinski definition) is 0. The number of para-hydroxylation sites is 1. The molecule has 0 N–H and O–H groups in total. The van der Waals surface area contributed by atoms with E-state index < -0.39 is 29.7 Å². The Kier molecular flexibility index (Phi) is 8.51. The quantitative estimate of drug-likeness (QED) is 0.290. The molecule has 5 rings (SSSR count). The first-order valence-corrected chi connectivity index (χ1v) is 14.6. The molecule has 0 saturated carbocycles. The van der Waals surface area contributed by atoms with Crippen LogP contribution in [0.2, 0.25) is 0 Å². The summed E-state index contributed by atoms with van der Waals surface area (Å²) in [6.07, 6.45) is 1.18. The van der Waals surface area contributed by atoms with Gasteiger partial charge in [-0.05, 0) is 25.8 Å². The first-order valence-electron chi connectivity index (χ1n) is 13.8. The number of likely N-dealkylation sites (tertiary alicyclic amines) is 1. The average molecular weight is 595 g/mol. The third-order valence-electron chi connectivity index (χ3n) is 7.79. The van der Waals surface area contributed by atoms with Crippen molar-refractivity contribution in [2.24, 2.45) is 5.92 Å². The maximum atomic E-state index is 15.7. The van der Waals surface area contributed by atoms with Gasteiger partial charge in [-0.2, -0.15) is 0 Å². The van der Waals surface area contributed by atoms with Crippen LogP contribution < -0.4 is 4.90 Å². The minimum absolute atomic E-state index is 0.138. The maximum absolute atomic E-state index is 15.7. The number of thiazole rings is 1. The lowest BCUT2D eigenvalue weighted by molar-refractivity contribution is -0.175. The van der Waals surface area contributed by atoms with Crippen LogP contribution in [0.15, 0.2) is 60.7 Å². The maximum Gasteiger partial charge on any atom is 0.275 e. The molecular formula is C31H32F2N4O4S. The number of allylic oxidation sites excluding steroid dienone is 1. The van der Waals surface area contributed by atoms with Gasteiger partial charge in [-0.1, -0.05) is 48.5 Å². The van der Waals surface area contributed by atoms with E-state index in [4.69, 9.17) is 4.84 Å². The summed E-state index contributed by atoms with van der Waals surface area (Å²) in [7, 11) is 2.94. The Bertz CT molecular complexity index is 1520. The first-order chi connectivity index (χ1) is 20.1. The number of anilines is 1. The summed E-state index contributed by atoms with van der Waals surface area (Å²) in [6, 6.07) is 15.9. The van der Waals surface area contributed by atoms with Gasteiger partial charge in [0, 0.05) is 61.8 Å². The first kappa shape index (κ1) is 29.5. The molecule has 0 aliphatic carbocycles. The summed E-state index contributed by atoms with van der Waals surface area (Å²) in [6.45, 7) is 2.04. The van der Waals surface area contributed by atoms with Crippen LogP contribution in [0.5, 0.6) is 0 Å². The molecule has 2 aliphatic rings. The monoisotopic (exact) mass is 594 g/mol. The largest absolute Gasteiger partial charge is 0.339 e. The van der Waals surface area contributed by atoms with Crippen molar-refractivity contribution in [1.82, 2.24) is 14.9 Å². The fourth-order valence-electron chi connectivity index (χ4n) is 5.37. The number of hydroxylamine groups is 2. The lowest BCUT2D eigenvalue weighted by atomic mass is 9.94. The van der Waals surface area contributed by atoms with Crippen molar-refractivity contribution in [2.75, 3.05) is 38.7 Å². The Morgan fingerprint density at radius 1 is 1.05 bits per heavy atom.